The molecule has 0 radical (unpaired) electrons. The molecular weight excluding hydrogens is 174 g/mol. The number of aliphatic hydroxyl groups is 1. The van der Waals surface area contributed by atoms with Crippen molar-refractivity contribution in [1.29, 1.82) is 0 Å². The number of hydrogen-bond donors (Lipinski definition) is 2. The molecule has 12 heavy (non-hydrogen) atoms. The van der Waals surface area contributed by atoms with Crippen LogP contribution in [0.15, 0.2) is 0 Å². The van der Waals surface area contributed by atoms with Crippen LogP contribution in [0.4, 0.5) is 0 Å². The minimum atomic E-state index is -0.197. The van der Waals surface area contributed by atoms with Gasteiger partial charge in [0.05, 0.1) is 6.10 Å². The predicted molar refractivity (Wildman–Crippen MR) is 53.8 cm³/mol. The van der Waals surface area contributed by atoms with Crippen LogP contribution >= 0.6 is 12.4 Å². The Hall–Kier alpha value is 0.210. The molecule has 0 aliphatic heterocycles. The van der Waals surface area contributed by atoms with Crippen molar-refractivity contribution in [1.82, 2.24) is 5.32 Å². The second-order valence-corrected chi connectivity index (χ2v) is 3.59. The molecule has 0 spiro atoms. The highest BCUT2D eigenvalue weighted by atomic mass is 35.5. The lowest BCUT2D eigenvalue weighted by atomic mass is 9.95. The second kappa shape index (κ2) is 6.70. The lowest BCUT2D eigenvalue weighted by Crippen LogP contribution is -2.35. The summed E-state index contributed by atoms with van der Waals surface area (Å²) in [6, 6.07) is 0.679. The van der Waals surface area contributed by atoms with Gasteiger partial charge in [0, 0.05) is 12.6 Å². The fraction of sp³-hybridized carbons (Fsp3) is 1.00. The van der Waals surface area contributed by atoms with E-state index in [0.717, 1.165) is 6.54 Å². The van der Waals surface area contributed by atoms with Gasteiger partial charge in [-0.25, -0.2) is 0 Å². The molecule has 1 rings (SSSR count). The summed E-state index contributed by atoms with van der Waals surface area (Å²) in [5.74, 6) is 0. The first-order valence-electron chi connectivity index (χ1n) is 4.70. The Labute approximate surface area is 81.2 Å². The summed E-state index contributed by atoms with van der Waals surface area (Å²) in [6.07, 6.45) is 6.51. The maximum absolute atomic E-state index is 9.02. The molecule has 3 heteroatoms. The third kappa shape index (κ3) is 4.96. The van der Waals surface area contributed by atoms with Crippen molar-refractivity contribution >= 4 is 12.4 Å². The summed E-state index contributed by atoms with van der Waals surface area (Å²) in [5.41, 5.74) is 0. The van der Waals surface area contributed by atoms with Gasteiger partial charge in [0.2, 0.25) is 0 Å². The highest BCUT2D eigenvalue weighted by Gasteiger charge is 2.12. The third-order valence-electron chi connectivity index (χ3n) is 2.31. The molecule has 0 aromatic carbocycles. The fourth-order valence-electron chi connectivity index (χ4n) is 1.64. The average molecular weight is 194 g/mol. The van der Waals surface area contributed by atoms with Crippen molar-refractivity contribution in [3.8, 4) is 0 Å². The predicted octanol–water partition coefficient (Wildman–Crippen LogP) is 1.71. The molecule has 1 fully saturated rings. The first-order chi connectivity index (χ1) is 5.29. The molecule has 1 atom stereocenters. The average Bonchev–Trinajstić information content (AvgIpc) is 2.03. The molecule has 1 saturated carbocycles. The molecule has 0 saturated heterocycles. The first-order valence-corrected chi connectivity index (χ1v) is 4.70. The third-order valence-corrected chi connectivity index (χ3v) is 2.31. The molecule has 2 N–H and O–H groups in total. The van der Waals surface area contributed by atoms with Gasteiger partial charge in [0.15, 0.2) is 0 Å². The molecular formula is C9H20ClNO. The van der Waals surface area contributed by atoms with Crippen LogP contribution in [0, 0.1) is 0 Å². The van der Waals surface area contributed by atoms with Gasteiger partial charge in [0.25, 0.3) is 0 Å². The molecule has 0 heterocycles. The van der Waals surface area contributed by atoms with Crippen LogP contribution in [-0.4, -0.2) is 23.8 Å². The van der Waals surface area contributed by atoms with E-state index in [2.05, 4.69) is 5.32 Å². The van der Waals surface area contributed by atoms with Gasteiger partial charge in [-0.15, -0.1) is 12.4 Å². The standard InChI is InChI=1S/C9H19NO.ClH/c1-8(11)7-10-9-5-3-2-4-6-9;/h8-11H,2-7H2,1H3;1H. The normalized spacial score (nSPS) is 21.5. The Morgan fingerprint density at radius 1 is 1.33 bits per heavy atom. The van der Waals surface area contributed by atoms with Crippen molar-refractivity contribution < 1.29 is 5.11 Å². The second-order valence-electron chi connectivity index (χ2n) is 3.59. The van der Waals surface area contributed by atoms with Crippen molar-refractivity contribution in [3.05, 3.63) is 0 Å². The molecule has 2 nitrogen and oxygen atoms in total. The molecule has 0 aromatic rings. The van der Waals surface area contributed by atoms with Crippen LogP contribution in [-0.2, 0) is 0 Å². The van der Waals surface area contributed by atoms with Crippen LogP contribution in [0.3, 0.4) is 0 Å². The number of halogens is 1. The quantitative estimate of drug-likeness (QED) is 0.716. The van der Waals surface area contributed by atoms with E-state index >= 15 is 0 Å². The maximum atomic E-state index is 9.02. The van der Waals surface area contributed by atoms with E-state index in [9.17, 15) is 0 Å². The minimum Gasteiger partial charge on any atom is -0.392 e. The highest BCUT2D eigenvalue weighted by Crippen LogP contribution is 2.16. The maximum Gasteiger partial charge on any atom is 0.0636 e. The van der Waals surface area contributed by atoms with Crippen molar-refractivity contribution in [2.45, 2.75) is 51.2 Å². The summed E-state index contributed by atoms with van der Waals surface area (Å²) < 4.78 is 0. The molecule has 1 unspecified atom stereocenters. The topological polar surface area (TPSA) is 32.3 Å². The van der Waals surface area contributed by atoms with Gasteiger partial charge in [-0.3, -0.25) is 0 Å². The lowest BCUT2D eigenvalue weighted by Gasteiger charge is -2.23. The molecule has 0 aromatic heterocycles. The monoisotopic (exact) mass is 193 g/mol. The van der Waals surface area contributed by atoms with Crippen LogP contribution < -0.4 is 5.32 Å². The van der Waals surface area contributed by atoms with E-state index in [4.69, 9.17) is 5.11 Å². The largest absolute Gasteiger partial charge is 0.392 e. The summed E-state index contributed by atoms with van der Waals surface area (Å²) in [5, 5.41) is 12.4. The van der Waals surface area contributed by atoms with E-state index in [1.54, 1.807) is 0 Å². The summed E-state index contributed by atoms with van der Waals surface area (Å²) in [7, 11) is 0. The van der Waals surface area contributed by atoms with Crippen LogP contribution in [0.2, 0.25) is 0 Å². The summed E-state index contributed by atoms with van der Waals surface area (Å²) >= 11 is 0. The summed E-state index contributed by atoms with van der Waals surface area (Å²) in [4.78, 5) is 0. The Kier molecular flexibility index (Phi) is 6.81. The Morgan fingerprint density at radius 2 is 1.92 bits per heavy atom. The van der Waals surface area contributed by atoms with Crippen molar-refractivity contribution in [2.24, 2.45) is 0 Å². The molecule has 1 aliphatic carbocycles. The molecule has 74 valence electrons. The van der Waals surface area contributed by atoms with E-state index in [-0.39, 0.29) is 18.5 Å². The Balaban J connectivity index is 0.00000121. The number of hydrogen-bond acceptors (Lipinski definition) is 2. The molecule has 0 bridgehead atoms. The van der Waals surface area contributed by atoms with E-state index in [0.29, 0.717) is 6.04 Å². The SMILES string of the molecule is CC(O)CNC1CCCCC1.Cl. The van der Waals surface area contributed by atoms with Gasteiger partial charge >= 0.3 is 0 Å². The molecule has 1 aliphatic rings. The van der Waals surface area contributed by atoms with Crippen LogP contribution in [0.5, 0.6) is 0 Å². The summed E-state index contributed by atoms with van der Waals surface area (Å²) in [6.45, 7) is 2.58. The van der Waals surface area contributed by atoms with Gasteiger partial charge in [-0.1, -0.05) is 19.3 Å². The zero-order chi connectivity index (χ0) is 8.10. The highest BCUT2D eigenvalue weighted by molar-refractivity contribution is 5.85. The van der Waals surface area contributed by atoms with E-state index < -0.39 is 0 Å². The van der Waals surface area contributed by atoms with Crippen LogP contribution in [0.25, 0.3) is 0 Å². The Bertz CT molecular complexity index is 103. The number of nitrogens with one attached hydrogen (secondary N) is 1. The zero-order valence-corrected chi connectivity index (χ0v) is 8.57. The van der Waals surface area contributed by atoms with Crippen LogP contribution in [0.1, 0.15) is 39.0 Å². The smallest absolute Gasteiger partial charge is 0.0636 e. The van der Waals surface area contributed by atoms with E-state index in [1.807, 2.05) is 6.92 Å². The van der Waals surface area contributed by atoms with Gasteiger partial charge in [0.1, 0.15) is 0 Å². The molecule has 0 amide bonds. The van der Waals surface area contributed by atoms with Crippen molar-refractivity contribution in [3.63, 3.8) is 0 Å². The van der Waals surface area contributed by atoms with Gasteiger partial charge in [-0.05, 0) is 19.8 Å². The van der Waals surface area contributed by atoms with Gasteiger partial charge < -0.3 is 10.4 Å². The Morgan fingerprint density at radius 3 is 2.42 bits per heavy atom. The lowest BCUT2D eigenvalue weighted by molar-refractivity contribution is 0.181. The van der Waals surface area contributed by atoms with Gasteiger partial charge in [-0.2, -0.15) is 0 Å². The fourth-order valence-corrected chi connectivity index (χ4v) is 1.64. The number of aliphatic hydroxyl groups excluding tert-OH is 1. The van der Waals surface area contributed by atoms with Crippen molar-refractivity contribution in [2.75, 3.05) is 6.54 Å². The first kappa shape index (κ1) is 12.2. The number of rotatable bonds is 3. The zero-order valence-electron chi connectivity index (χ0n) is 7.75. The van der Waals surface area contributed by atoms with E-state index in [1.165, 1.54) is 32.1 Å². The minimum absolute atomic E-state index is 0.